The maximum Gasteiger partial charge on any atom is 0.315 e. The van der Waals surface area contributed by atoms with Crippen LogP contribution < -0.4 is 10.6 Å². The highest BCUT2D eigenvalue weighted by Crippen LogP contribution is 2.11. The first-order chi connectivity index (χ1) is 8.84. The topological polar surface area (TPSA) is 50.4 Å². The standard InChI is InChI=1S/C14H20N2O2/c17-14(15-9-12-5-2-1-3-6-12)16-10-13-7-4-8-18-11-13/h1-3,5-6,13H,4,7-11H2,(H2,15,16,17). The van der Waals surface area contributed by atoms with Crippen molar-refractivity contribution in [3.05, 3.63) is 35.9 Å². The highest BCUT2D eigenvalue weighted by molar-refractivity contribution is 5.73. The highest BCUT2D eigenvalue weighted by atomic mass is 16.5. The second-order valence-corrected chi connectivity index (χ2v) is 4.63. The molecule has 1 saturated heterocycles. The van der Waals surface area contributed by atoms with E-state index in [-0.39, 0.29) is 6.03 Å². The van der Waals surface area contributed by atoms with Crippen LogP contribution in [0.3, 0.4) is 0 Å². The third-order valence-electron chi connectivity index (χ3n) is 3.10. The van der Waals surface area contributed by atoms with Crippen molar-refractivity contribution in [3.63, 3.8) is 0 Å². The van der Waals surface area contributed by atoms with Crippen LogP contribution in [0.5, 0.6) is 0 Å². The fourth-order valence-corrected chi connectivity index (χ4v) is 2.05. The summed E-state index contributed by atoms with van der Waals surface area (Å²) in [5, 5.41) is 5.74. The Balaban J connectivity index is 1.63. The molecule has 0 spiro atoms. The predicted molar refractivity (Wildman–Crippen MR) is 70.2 cm³/mol. The molecule has 1 atom stereocenters. The molecule has 0 saturated carbocycles. The normalized spacial score (nSPS) is 19.2. The molecule has 1 heterocycles. The Kier molecular flexibility index (Phi) is 5.02. The molecule has 4 nitrogen and oxygen atoms in total. The van der Waals surface area contributed by atoms with E-state index in [1.165, 1.54) is 0 Å². The largest absolute Gasteiger partial charge is 0.381 e. The van der Waals surface area contributed by atoms with E-state index in [0.29, 0.717) is 19.0 Å². The number of hydrogen-bond donors (Lipinski definition) is 2. The molecule has 2 N–H and O–H groups in total. The average molecular weight is 248 g/mol. The lowest BCUT2D eigenvalue weighted by molar-refractivity contribution is 0.0557. The van der Waals surface area contributed by atoms with Crippen molar-refractivity contribution in [1.82, 2.24) is 10.6 Å². The summed E-state index contributed by atoms with van der Waals surface area (Å²) in [6.45, 7) is 2.88. The van der Waals surface area contributed by atoms with Gasteiger partial charge in [-0.2, -0.15) is 0 Å². The molecule has 0 bridgehead atoms. The van der Waals surface area contributed by atoms with Crippen LogP contribution in [0.25, 0.3) is 0 Å². The molecule has 18 heavy (non-hydrogen) atoms. The van der Waals surface area contributed by atoms with Gasteiger partial charge in [-0.15, -0.1) is 0 Å². The molecule has 0 aliphatic carbocycles. The number of carbonyl (C=O) groups excluding carboxylic acids is 1. The van der Waals surface area contributed by atoms with Gasteiger partial charge in [0.05, 0.1) is 6.61 Å². The van der Waals surface area contributed by atoms with Crippen LogP contribution in [-0.2, 0) is 11.3 Å². The highest BCUT2D eigenvalue weighted by Gasteiger charge is 2.14. The van der Waals surface area contributed by atoms with Gasteiger partial charge in [-0.1, -0.05) is 30.3 Å². The van der Waals surface area contributed by atoms with E-state index in [4.69, 9.17) is 4.74 Å². The van der Waals surface area contributed by atoms with Crippen molar-refractivity contribution in [1.29, 1.82) is 0 Å². The zero-order chi connectivity index (χ0) is 12.6. The Bertz CT molecular complexity index is 361. The summed E-state index contributed by atoms with van der Waals surface area (Å²) in [6, 6.07) is 9.78. The molecule has 1 aliphatic heterocycles. The van der Waals surface area contributed by atoms with Crippen LogP contribution in [0.15, 0.2) is 30.3 Å². The number of ether oxygens (including phenoxy) is 1. The molecule has 1 aromatic rings. The van der Waals surface area contributed by atoms with Crippen LogP contribution in [0.2, 0.25) is 0 Å². The summed E-state index contributed by atoms with van der Waals surface area (Å²) in [5.74, 6) is 0.459. The maximum absolute atomic E-state index is 11.6. The Hall–Kier alpha value is -1.55. The third-order valence-corrected chi connectivity index (χ3v) is 3.10. The fraction of sp³-hybridized carbons (Fsp3) is 0.500. The molecular weight excluding hydrogens is 228 g/mol. The van der Waals surface area contributed by atoms with Crippen molar-refractivity contribution >= 4 is 6.03 Å². The van der Waals surface area contributed by atoms with E-state index in [0.717, 1.165) is 31.6 Å². The fourth-order valence-electron chi connectivity index (χ4n) is 2.05. The Labute approximate surface area is 108 Å². The predicted octanol–water partition coefficient (Wildman–Crippen LogP) is 1.91. The molecule has 1 unspecified atom stereocenters. The quantitative estimate of drug-likeness (QED) is 0.855. The smallest absolute Gasteiger partial charge is 0.315 e. The Morgan fingerprint density at radius 1 is 1.28 bits per heavy atom. The van der Waals surface area contributed by atoms with Crippen LogP contribution in [0, 0.1) is 5.92 Å². The van der Waals surface area contributed by atoms with E-state index in [9.17, 15) is 4.79 Å². The summed E-state index contributed by atoms with van der Waals surface area (Å²) in [5.41, 5.74) is 1.11. The summed E-state index contributed by atoms with van der Waals surface area (Å²) in [7, 11) is 0. The first kappa shape index (κ1) is 12.9. The molecule has 0 radical (unpaired) electrons. The van der Waals surface area contributed by atoms with Crippen molar-refractivity contribution in [3.8, 4) is 0 Å². The molecule has 2 amide bonds. The van der Waals surface area contributed by atoms with Gasteiger partial charge in [0.25, 0.3) is 0 Å². The molecular formula is C14H20N2O2. The van der Waals surface area contributed by atoms with Gasteiger partial charge in [0.15, 0.2) is 0 Å². The van der Waals surface area contributed by atoms with Gasteiger partial charge in [0.1, 0.15) is 0 Å². The molecule has 0 aromatic heterocycles. The van der Waals surface area contributed by atoms with Crippen LogP contribution in [0.1, 0.15) is 18.4 Å². The number of rotatable bonds is 4. The minimum atomic E-state index is -0.107. The zero-order valence-electron chi connectivity index (χ0n) is 10.5. The van der Waals surface area contributed by atoms with E-state index in [1.807, 2.05) is 30.3 Å². The lowest BCUT2D eigenvalue weighted by atomic mass is 10.0. The van der Waals surface area contributed by atoms with E-state index in [1.54, 1.807) is 0 Å². The van der Waals surface area contributed by atoms with Crippen LogP contribution in [0.4, 0.5) is 4.79 Å². The number of amides is 2. The Morgan fingerprint density at radius 3 is 2.83 bits per heavy atom. The molecule has 1 fully saturated rings. The van der Waals surface area contributed by atoms with Gasteiger partial charge in [-0.3, -0.25) is 0 Å². The number of nitrogens with one attached hydrogen (secondary N) is 2. The second-order valence-electron chi connectivity index (χ2n) is 4.63. The number of carbonyl (C=O) groups is 1. The van der Waals surface area contributed by atoms with Gasteiger partial charge in [-0.25, -0.2) is 4.79 Å². The summed E-state index contributed by atoms with van der Waals surface area (Å²) >= 11 is 0. The molecule has 1 aromatic carbocycles. The second kappa shape index (κ2) is 7.01. The van der Waals surface area contributed by atoms with Crippen molar-refractivity contribution < 1.29 is 9.53 Å². The van der Waals surface area contributed by atoms with Crippen molar-refractivity contribution in [2.24, 2.45) is 5.92 Å². The zero-order valence-corrected chi connectivity index (χ0v) is 10.5. The van der Waals surface area contributed by atoms with Gasteiger partial charge < -0.3 is 15.4 Å². The molecule has 2 rings (SSSR count). The van der Waals surface area contributed by atoms with Gasteiger partial charge in [-0.05, 0) is 24.3 Å². The van der Waals surface area contributed by atoms with Crippen molar-refractivity contribution in [2.75, 3.05) is 19.8 Å². The van der Waals surface area contributed by atoms with Crippen molar-refractivity contribution in [2.45, 2.75) is 19.4 Å². The number of benzene rings is 1. The van der Waals surface area contributed by atoms with Crippen LogP contribution in [-0.4, -0.2) is 25.8 Å². The number of urea groups is 1. The van der Waals surface area contributed by atoms with Crippen LogP contribution >= 0.6 is 0 Å². The molecule has 98 valence electrons. The van der Waals surface area contributed by atoms with Gasteiger partial charge in [0, 0.05) is 19.7 Å². The molecule has 1 aliphatic rings. The lowest BCUT2D eigenvalue weighted by Crippen LogP contribution is -2.39. The lowest BCUT2D eigenvalue weighted by Gasteiger charge is -2.22. The van der Waals surface area contributed by atoms with E-state index in [2.05, 4.69) is 10.6 Å². The first-order valence-electron chi connectivity index (χ1n) is 6.48. The summed E-state index contributed by atoms with van der Waals surface area (Å²) in [4.78, 5) is 11.6. The molecule has 4 heteroatoms. The van der Waals surface area contributed by atoms with Gasteiger partial charge in [0.2, 0.25) is 0 Å². The summed E-state index contributed by atoms with van der Waals surface area (Å²) < 4.78 is 5.37. The third kappa shape index (κ3) is 4.37. The van der Waals surface area contributed by atoms with Gasteiger partial charge >= 0.3 is 6.03 Å². The summed E-state index contributed by atoms with van der Waals surface area (Å²) in [6.07, 6.45) is 2.23. The minimum Gasteiger partial charge on any atom is -0.381 e. The average Bonchev–Trinajstić information content (AvgIpc) is 2.45. The number of hydrogen-bond acceptors (Lipinski definition) is 2. The SMILES string of the molecule is O=C(NCc1ccccc1)NCC1CCCOC1. The first-order valence-corrected chi connectivity index (χ1v) is 6.48. The van der Waals surface area contributed by atoms with E-state index < -0.39 is 0 Å². The monoisotopic (exact) mass is 248 g/mol. The minimum absolute atomic E-state index is 0.107. The Morgan fingerprint density at radius 2 is 2.11 bits per heavy atom. The maximum atomic E-state index is 11.6. The van der Waals surface area contributed by atoms with E-state index >= 15 is 0 Å².